The largest absolute Gasteiger partial charge is 0.444 e. The van der Waals surface area contributed by atoms with Crippen LogP contribution in [0.25, 0.3) is 0 Å². The smallest absolute Gasteiger partial charge is 0.410 e. The van der Waals surface area contributed by atoms with E-state index in [2.05, 4.69) is 17.9 Å². The average molecular weight is 331 g/mol. The lowest BCUT2D eigenvalue weighted by molar-refractivity contribution is 0.0240. The molecule has 0 bridgehead atoms. The fourth-order valence-electron chi connectivity index (χ4n) is 3.31. The number of carbonyl (C=O) groups excluding carboxylic acids is 1. The van der Waals surface area contributed by atoms with Gasteiger partial charge in [-0.2, -0.15) is 0 Å². The Kier molecular flexibility index (Phi) is 4.70. The van der Waals surface area contributed by atoms with E-state index in [1.165, 1.54) is 30.4 Å². The van der Waals surface area contributed by atoms with Crippen LogP contribution in [0, 0.1) is 6.92 Å². The van der Waals surface area contributed by atoms with E-state index in [0.717, 1.165) is 18.9 Å². The highest BCUT2D eigenvalue weighted by atomic mass is 16.6. The van der Waals surface area contributed by atoms with Gasteiger partial charge in [-0.1, -0.05) is 12.5 Å². The fourth-order valence-corrected chi connectivity index (χ4v) is 3.31. The molecule has 2 aliphatic rings. The molecule has 132 valence electrons. The second kappa shape index (κ2) is 6.61. The summed E-state index contributed by atoms with van der Waals surface area (Å²) in [6.45, 7) is 10.8. The van der Waals surface area contributed by atoms with Crippen LogP contribution in [0.5, 0.6) is 0 Å². The van der Waals surface area contributed by atoms with E-state index in [9.17, 15) is 4.79 Å². The number of piperazine rings is 1. The molecule has 5 heteroatoms. The molecular weight excluding hydrogens is 302 g/mol. The maximum absolute atomic E-state index is 12.2. The monoisotopic (exact) mass is 331 g/mol. The number of aryl methyl sites for hydroxylation is 1. The van der Waals surface area contributed by atoms with Crippen molar-refractivity contribution in [3.05, 3.63) is 23.4 Å². The lowest BCUT2D eigenvalue weighted by Crippen LogP contribution is -2.50. The molecule has 0 aromatic carbocycles. The predicted molar refractivity (Wildman–Crippen MR) is 95.6 cm³/mol. The molecule has 1 aromatic heterocycles. The molecule has 1 aliphatic carbocycles. The van der Waals surface area contributed by atoms with E-state index in [-0.39, 0.29) is 6.09 Å². The van der Waals surface area contributed by atoms with Gasteiger partial charge in [0.15, 0.2) is 0 Å². The fraction of sp³-hybridized carbons (Fsp3) is 0.684. The third-order valence-corrected chi connectivity index (χ3v) is 4.88. The van der Waals surface area contributed by atoms with Gasteiger partial charge in [0.25, 0.3) is 0 Å². The van der Waals surface area contributed by atoms with E-state index in [1.54, 1.807) is 4.90 Å². The van der Waals surface area contributed by atoms with Gasteiger partial charge in [-0.05, 0) is 57.6 Å². The summed E-state index contributed by atoms with van der Waals surface area (Å²) in [6.07, 6.45) is 5.78. The Morgan fingerprint density at radius 2 is 1.88 bits per heavy atom. The van der Waals surface area contributed by atoms with Crippen molar-refractivity contribution >= 4 is 11.9 Å². The molecular formula is C19H29N3O2. The van der Waals surface area contributed by atoms with Crippen molar-refractivity contribution in [2.45, 2.75) is 58.5 Å². The van der Waals surface area contributed by atoms with Crippen LogP contribution in [-0.2, 0) is 4.74 Å². The van der Waals surface area contributed by atoms with Crippen molar-refractivity contribution in [3.63, 3.8) is 0 Å². The van der Waals surface area contributed by atoms with Crippen molar-refractivity contribution in [1.29, 1.82) is 0 Å². The van der Waals surface area contributed by atoms with Crippen LogP contribution >= 0.6 is 0 Å². The Balaban J connectivity index is 1.59. The van der Waals surface area contributed by atoms with Crippen LogP contribution in [0.2, 0.25) is 0 Å². The summed E-state index contributed by atoms with van der Waals surface area (Å²) in [6, 6.07) is 2.30. The van der Waals surface area contributed by atoms with Gasteiger partial charge in [-0.25, -0.2) is 9.78 Å². The van der Waals surface area contributed by atoms with E-state index >= 15 is 0 Å². The predicted octanol–water partition coefficient (Wildman–Crippen LogP) is 3.71. The number of ether oxygens (including phenoxy) is 1. The standard InChI is InChI=1S/C19H29N3O2/c1-14-12-16(15-6-5-7-15)13-20-17(14)21-8-10-22(11-9-21)18(23)24-19(2,3)4/h12-13,15H,5-11H2,1-4H3. The number of hydrogen-bond donors (Lipinski definition) is 0. The van der Waals surface area contributed by atoms with Crippen molar-refractivity contribution in [1.82, 2.24) is 9.88 Å². The second-order valence-corrected chi connectivity index (χ2v) is 7.99. The van der Waals surface area contributed by atoms with E-state index < -0.39 is 5.60 Å². The highest BCUT2D eigenvalue weighted by Gasteiger charge is 2.27. The molecule has 1 amide bonds. The van der Waals surface area contributed by atoms with Gasteiger partial charge in [-0.3, -0.25) is 0 Å². The van der Waals surface area contributed by atoms with Crippen LogP contribution in [0.1, 0.15) is 57.1 Å². The summed E-state index contributed by atoms with van der Waals surface area (Å²) in [4.78, 5) is 20.9. The minimum absolute atomic E-state index is 0.216. The van der Waals surface area contributed by atoms with Crippen molar-refractivity contribution < 1.29 is 9.53 Å². The summed E-state index contributed by atoms with van der Waals surface area (Å²) in [5.74, 6) is 1.77. The highest BCUT2D eigenvalue weighted by Crippen LogP contribution is 2.37. The number of anilines is 1. The van der Waals surface area contributed by atoms with Crippen molar-refractivity contribution in [3.8, 4) is 0 Å². The number of aromatic nitrogens is 1. The zero-order valence-corrected chi connectivity index (χ0v) is 15.3. The molecule has 0 unspecified atom stereocenters. The molecule has 1 aliphatic heterocycles. The van der Waals surface area contributed by atoms with Gasteiger partial charge in [0, 0.05) is 32.4 Å². The van der Waals surface area contributed by atoms with Crippen LogP contribution in [0.4, 0.5) is 10.6 Å². The van der Waals surface area contributed by atoms with Gasteiger partial charge in [-0.15, -0.1) is 0 Å². The number of carbonyl (C=O) groups is 1. The molecule has 24 heavy (non-hydrogen) atoms. The number of nitrogens with zero attached hydrogens (tertiary/aromatic N) is 3. The Hall–Kier alpha value is -1.78. The lowest BCUT2D eigenvalue weighted by atomic mass is 9.80. The first-order chi connectivity index (χ1) is 11.3. The summed E-state index contributed by atoms with van der Waals surface area (Å²) < 4.78 is 5.46. The first kappa shape index (κ1) is 17.1. The molecule has 2 fully saturated rings. The topological polar surface area (TPSA) is 45.7 Å². The molecule has 2 heterocycles. The Morgan fingerprint density at radius 1 is 1.21 bits per heavy atom. The number of amides is 1. The minimum Gasteiger partial charge on any atom is -0.444 e. The molecule has 1 aromatic rings. The zero-order chi connectivity index (χ0) is 17.3. The maximum Gasteiger partial charge on any atom is 0.410 e. The SMILES string of the molecule is Cc1cc(C2CCC2)cnc1N1CCN(C(=O)OC(C)(C)C)CC1. The van der Waals surface area contributed by atoms with E-state index in [0.29, 0.717) is 19.0 Å². The lowest BCUT2D eigenvalue weighted by Gasteiger charge is -2.37. The summed E-state index contributed by atoms with van der Waals surface area (Å²) in [7, 11) is 0. The first-order valence-electron chi connectivity index (χ1n) is 9.03. The van der Waals surface area contributed by atoms with Gasteiger partial charge in [0.05, 0.1) is 0 Å². The zero-order valence-electron chi connectivity index (χ0n) is 15.3. The third kappa shape index (κ3) is 3.82. The Morgan fingerprint density at radius 3 is 2.38 bits per heavy atom. The van der Waals surface area contributed by atoms with Gasteiger partial charge < -0.3 is 14.5 Å². The normalized spacial score (nSPS) is 19.2. The van der Waals surface area contributed by atoms with Crippen LogP contribution in [0.3, 0.4) is 0 Å². The molecule has 0 atom stereocenters. The summed E-state index contributed by atoms with van der Waals surface area (Å²) >= 11 is 0. The molecule has 0 N–H and O–H groups in total. The molecule has 5 nitrogen and oxygen atoms in total. The highest BCUT2D eigenvalue weighted by molar-refractivity contribution is 5.68. The van der Waals surface area contributed by atoms with Crippen LogP contribution in [0.15, 0.2) is 12.3 Å². The number of hydrogen-bond acceptors (Lipinski definition) is 4. The molecule has 1 saturated carbocycles. The van der Waals surface area contributed by atoms with Crippen LogP contribution in [-0.4, -0.2) is 47.8 Å². The third-order valence-electron chi connectivity index (χ3n) is 4.88. The summed E-state index contributed by atoms with van der Waals surface area (Å²) in [5.41, 5.74) is 2.18. The Labute approximate surface area is 145 Å². The number of rotatable bonds is 2. The molecule has 0 radical (unpaired) electrons. The number of pyridine rings is 1. The second-order valence-electron chi connectivity index (χ2n) is 7.99. The van der Waals surface area contributed by atoms with Gasteiger partial charge in [0.2, 0.25) is 0 Å². The average Bonchev–Trinajstić information content (AvgIpc) is 2.44. The molecule has 0 spiro atoms. The first-order valence-corrected chi connectivity index (χ1v) is 9.03. The quantitative estimate of drug-likeness (QED) is 0.829. The summed E-state index contributed by atoms with van der Waals surface area (Å²) in [5, 5.41) is 0. The molecule has 1 saturated heterocycles. The molecule has 3 rings (SSSR count). The van der Waals surface area contributed by atoms with Gasteiger partial charge in [0.1, 0.15) is 11.4 Å². The van der Waals surface area contributed by atoms with Crippen molar-refractivity contribution in [2.24, 2.45) is 0 Å². The Bertz CT molecular complexity index is 597. The van der Waals surface area contributed by atoms with Gasteiger partial charge >= 0.3 is 6.09 Å². The van der Waals surface area contributed by atoms with E-state index in [1.807, 2.05) is 27.0 Å². The minimum atomic E-state index is -0.441. The van der Waals surface area contributed by atoms with E-state index in [4.69, 9.17) is 9.72 Å². The van der Waals surface area contributed by atoms with Crippen LogP contribution < -0.4 is 4.90 Å². The maximum atomic E-state index is 12.2. The van der Waals surface area contributed by atoms with Crippen molar-refractivity contribution in [2.75, 3.05) is 31.1 Å².